The highest BCUT2D eigenvalue weighted by Gasteiger charge is 2.11. The molecule has 2 rings (SSSR count). The minimum Gasteiger partial charge on any atom is -0.205 e. The van der Waals surface area contributed by atoms with E-state index in [9.17, 15) is 4.39 Å². The molecule has 0 aliphatic heterocycles. The lowest BCUT2D eigenvalue weighted by atomic mass is 10.0. The first-order chi connectivity index (χ1) is 8.11. The van der Waals surface area contributed by atoms with Gasteiger partial charge in [0.15, 0.2) is 0 Å². The molecule has 0 fully saturated rings. The van der Waals surface area contributed by atoms with Gasteiger partial charge in [0.2, 0.25) is 0 Å². The maximum atomic E-state index is 13.9. The molecule has 17 heavy (non-hydrogen) atoms. The van der Waals surface area contributed by atoms with Crippen LogP contribution in [0.5, 0.6) is 0 Å². The van der Waals surface area contributed by atoms with Gasteiger partial charge in [-0.25, -0.2) is 4.39 Å². The Bertz CT molecular complexity index is 612. The Hall–Kier alpha value is -1.49. The van der Waals surface area contributed by atoms with Crippen molar-refractivity contribution in [3.8, 4) is 23.5 Å². The first-order valence-electron chi connectivity index (χ1n) is 4.75. The van der Waals surface area contributed by atoms with Crippen molar-refractivity contribution < 1.29 is 4.39 Å². The summed E-state index contributed by atoms with van der Waals surface area (Å²) in [5.41, 5.74) is 1.36. The number of hydrogen-bond acceptors (Lipinski definition) is 0. The summed E-state index contributed by atoms with van der Waals surface area (Å²) in [4.78, 5) is 0. The Morgan fingerprint density at radius 1 is 1.24 bits per heavy atom. The molecule has 0 amide bonds. The Labute approximate surface area is 109 Å². The fraction of sp³-hybridized carbons (Fsp3) is 0. The average molecular weight is 264 g/mol. The number of halogens is 3. The Morgan fingerprint density at radius 3 is 2.65 bits per heavy atom. The molecular weight excluding hydrogens is 258 g/mol. The third-order valence-corrected chi connectivity index (χ3v) is 2.75. The lowest BCUT2D eigenvalue weighted by Gasteiger charge is -2.06. The van der Waals surface area contributed by atoms with Gasteiger partial charge in [0.1, 0.15) is 5.82 Å². The standard InChI is InChI=1S/C14H6Cl2F/c1-2-9-6-12(14(17)13(16)7-9)10-4-3-5-11(15)8-10/h1,3-6,8H. The Morgan fingerprint density at radius 2 is 2.00 bits per heavy atom. The van der Waals surface area contributed by atoms with Crippen molar-refractivity contribution in [3.63, 3.8) is 0 Å². The Kier molecular flexibility index (Phi) is 3.38. The van der Waals surface area contributed by atoms with E-state index in [2.05, 4.69) is 12.0 Å². The zero-order valence-electron chi connectivity index (χ0n) is 8.60. The second-order valence-electron chi connectivity index (χ2n) is 3.38. The fourth-order valence-corrected chi connectivity index (χ4v) is 1.87. The summed E-state index contributed by atoms with van der Waals surface area (Å²) < 4.78 is 13.9. The molecular formula is C14H6Cl2F. The number of benzene rings is 2. The van der Waals surface area contributed by atoms with Crippen LogP contribution in [0.2, 0.25) is 10.0 Å². The smallest absolute Gasteiger partial charge is 0.150 e. The van der Waals surface area contributed by atoms with Crippen LogP contribution < -0.4 is 0 Å². The SMILES string of the molecule is C#Cc1[c]c(Cl)c(F)c(-c2cccc(Cl)c2)c1. The molecule has 0 unspecified atom stereocenters. The van der Waals surface area contributed by atoms with E-state index in [0.717, 1.165) is 0 Å². The molecule has 0 saturated heterocycles. The van der Waals surface area contributed by atoms with Gasteiger partial charge < -0.3 is 0 Å². The van der Waals surface area contributed by atoms with Gasteiger partial charge in [0.25, 0.3) is 0 Å². The molecule has 3 heteroatoms. The third kappa shape index (κ3) is 2.44. The maximum Gasteiger partial charge on any atom is 0.150 e. The minimum absolute atomic E-state index is 0.115. The van der Waals surface area contributed by atoms with Crippen LogP contribution in [0.1, 0.15) is 5.56 Å². The van der Waals surface area contributed by atoms with Crippen molar-refractivity contribution in [2.75, 3.05) is 0 Å². The van der Waals surface area contributed by atoms with E-state index in [0.29, 0.717) is 21.7 Å². The second kappa shape index (κ2) is 4.79. The first-order valence-corrected chi connectivity index (χ1v) is 5.51. The van der Waals surface area contributed by atoms with Crippen LogP contribution in [-0.2, 0) is 0 Å². The zero-order chi connectivity index (χ0) is 12.4. The van der Waals surface area contributed by atoms with Crippen molar-refractivity contribution in [1.29, 1.82) is 0 Å². The van der Waals surface area contributed by atoms with Crippen molar-refractivity contribution in [3.05, 3.63) is 57.8 Å². The maximum absolute atomic E-state index is 13.9. The van der Waals surface area contributed by atoms with Gasteiger partial charge in [0, 0.05) is 22.2 Å². The van der Waals surface area contributed by atoms with E-state index in [1.54, 1.807) is 24.3 Å². The highest BCUT2D eigenvalue weighted by molar-refractivity contribution is 6.31. The van der Waals surface area contributed by atoms with Crippen molar-refractivity contribution in [2.45, 2.75) is 0 Å². The molecule has 0 aromatic heterocycles. The summed E-state index contributed by atoms with van der Waals surface area (Å²) in [6.45, 7) is 0. The van der Waals surface area contributed by atoms with Gasteiger partial charge in [-0.05, 0) is 23.8 Å². The van der Waals surface area contributed by atoms with Crippen LogP contribution >= 0.6 is 23.2 Å². The summed E-state index contributed by atoms with van der Waals surface area (Å²) in [7, 11) is 0. The van der Waals surface area contributed by atoms with Crippen LogP contribution in [0.4, 0.5) is 4.39 Å². The minimum atomic E-state index is -0.548. The van der Waals surface area contributed by atoms with Gasteiger partial charge in [0.05, 0.1) is 5.02 Å². The van der Waals surface area contributed by atoms with Crippen LogP contribution in [0.15, 0.2) is 30.3 Å². The normalized spacial score (nSPS) is 10.0. The quantitative estimate of drug-likeness (QED) is 0.661. The predicted octanol–water partition coefficient (Wildman–Crippen LogP) is 4.58. The van der Waals surface area contributed by atoms with Gasteiger partial charge >= 0.3 is 0 Å². The van der Waals surface area contributed by atoms with E-state index in [-0.39, 0.29) is 5.02 Å². The zero-order valence-corrected chi connectivity index (χ0v) is 10.1. The summed E-state index contributed by atoms with van der Waals surface area (Å²) in [6.07, 6.45) is 5.26. The average Bonchev–Trinajstić information content (AvgIpc) is 2.32. The molecule has 0 spiro atoms. The molecule has 0 atom stereocenters. The third-order valence-electron chi connectivity index (χ3n) is 2.25. The molecule has 2 aromatic carbocycles. The predicted molar refractivity (Wildman–Crippen MR) is 68.6 cm³/mol. The van der Waals surface area contributed by atoms with Gasteiger partial charge in [-0.2, -0.15) is 0 Å². The molecule has 0 saturated carbocycles. The highest BCUT2D eigenvalue weighted by atomic mass is 35.5. The number of hydrogen-bond donors (Lipinski definition) is 0. The molecule has 1 radical (unpaired) electrons. The summed E-state index contributed by atoms with van der Waals surface area (Å²) in [5, 5.41) is 0.406. The number of terminal acetylenes is 1. The molecule has 0 aliphatic carbocycles. The second-order valence-corrected chi connectivity index (χ2v) is 4.19. The molecule has 83 valence electrons. The largest absolute Gasteiger partial charge is 0.205 e. The van der Waals surface area contributed by atoms with Gasteiger partial charge in [-0.3, -0.25) is 0 Å². The topological polar surface area (TPSA) is 0 Å². The molecule has 2 aromatic rings. The summed E-state index contributed by atoms with van der Waals surface area (Å²) in [6, 6.07) is 10.9. The molecule has 0 N–H and O–H groups in total. The molecule has 0 heterocycles. The monoisotopic (exact) mass is 263 g/mol. The van der Waals surface area contributed by atoms with Gasteiger partial charge in [-0.15, -0.1) is 6.42 Å². The first kappa shape index (κ1) is 12.0. The van der Waals surface area contributed by atoms with Crippen LogP contribution in [-0.4, -0.2) is 0 Å². The van der Waals surface area contributed by atoms with Gasteiger partial charge in [-0.1, -0.05) is 41.3 Å². The van der Waals surface area contributed by atoms with E-state index >= 15 is 0 Å². The summed E-state index contributed by atoms with van der Waals surface area (Å²) >= 11 is 11.6. The molecule has 0 nitrogen and oxygen atoms in total. The lowest BCUT2D eigenvalue weighted by molar-refractivity contribution is 0.631. The van der Waals surface area contributed by atoms with Crippen LogP contribution in [0.3, 0.4) is 0 Å². The van der Waals surface area contributed by atoms with E-state index in [4.69, 9.17) is 29.6 Å². The number of rotatable bonds is 1. The van der Waals surface area contributed by atoms with Crippen LogP contribution in [0, 0.1) is 24.2 Å². The van der Waals surface area contributed by atoms with E-state index < -0.39 is 5.82 Å². The van der Waals surface area contributed by atoms with E-state index in [1.165, 1.54) is 6.07 Å². The van der Waals surface area contributed by atoms with E-state index in [1.807, 2.05) is 0 Å². The molecule has 0 aliphatic rings. The Balaban J connectivity index is 2.67. The van der Waals surface area contributed by atoms with Crippen molar-refractivity contribution >= 4 is 23.2 Å². The van der Waals surface area contributed by atoms with Crippen molar-refractivity contribution in [1.82, 2.24) is 0 Å². The molecule has 0 bridgehead atoms. The van der Waals surface area contributed by atoms with Crippen molar-refractivity contribution in [2.24, 2.45) is 0 Å². The summed E-state index contributed by atoms with van der Waals surface area (Å²) in [5.74, 6) is 1.83. The lowest BCUT2D eigenvalue weighted by Crippen LogP contribution is -1.89. The highest BCUT2D eigenvalue weighted by Crippen LogP contribution is 2.30. The fourth-order valence-electron chi connectivity index (χ4n) is 1.48. The van der Waals surface area contributed by atoms with Crippen LogP contribution in [0.25, 0.3) is 11.1 Å².